The van der Waals surface area contributed by atoms with E-state index in [1.54, 1.807) is 6.07 Å². The summed E-state index contributed by atoms with van der Waals surface area (Å²) in [5.74, 6) is 0. The topological polar surface area (TPSA) is 79.2 Å². The number of nitrogens with zero attached hydrogens (tertiary/aromatic N) is 4. The molecule has 0 amide bonds. The molecule has 1 N–H and O–H groups in total. The number of sulfonamides is 1. The molecule has 3 heterocycles. The summed E-state index contributed by atoms with van der Waals surface area (Å²) in [6, 6.07) is 7.67. The molecule has 2 saturated heterocycles. The standard InChI is InChI=1S/C25H37N5O3S/c1-19-16-21(18-26-27-25(3,4)5)20(2)30(19)24-17-22(8-9-23(24)28-10-6-7-11-28)34(31,32)29-12-14-33-15-13-29/h8-9,16-18,27H,6-7,10-15H2,1-5H3/b26-18-. The van der Waals surface area contributed by atoms with E-state index in [2.05, 4.69) is 60.7 Å². The molecular weight excluding hydrogens is 450 g/mol. The zero-order valence-corrected chi connectivity index (χ0v) is 21.8. The minimum absolute atomic E-state index is 0.118. The minimum Gasteiger partial charge on any atom is -0.379 e. The Bertz CT molecular complexity index is 1150. The van der Waals surface area contributed by atoms with Crippen molar-refractivity contribution in [2.24, 2.45) is 5.10 Å². The summed E-state index contributed by atoms with van der Waals surface area (Å²) < 4.78 is 35.9. The van der Waals surface area contributed by atoms with E-state index >= 15 is 0 Å². The molecule has 0 unspecified atom stereocenters. The summed E-state index contributed by atoms with van der Waals surface area (Å²) in [7, 11) is -3.60. The highest BCUT2D eigenvalue weighted by Gasteiger charge is 2.28. The maximum atomic E-state index is 13.4. The van der Waals surface area contributed by atoms with Gasteiger partial charge in [-0.25, -0.2) is 8.42 Å². The van der Waals surface area contributed by atoms with Crippen molar-refractivity contribution in [2.75, 3.05) is 44.3 Å². The first-order valence-corrected chi connectivity index (χ1v) is 13.5. The first-order chi connectivity index (χ1) is 16.1. The van der Waals surface area contributed by atoms with Gasteiger partial charge in [0.25, 0.3) is 0 Å². The van der Waals surface area contributed by atoms with Crippen LogP contribution in [0.2, 0.25) is 0 Å². The number of ether oxygens (including phenoxy) is 1. The average molecular weight is 488 g/mol. The summed E-state index contributed by atoms with van der Waals surface area (Å²) >= 11 is 0. The van der Waals surface area contributed by atoms with Gasteiger partial charge in [0.1, 0.15) is 0 Å². The first-order valence-electron chi connectivity index (χ1n) is 12.0. The third-order valence-electron chi connectivity index (χ3n) is 6.32. The lowest BCUT2D eigenvalue weighted by Gasteiger charge is -2.28. The zero-order chi connectivity index (χ0) is 24.5. The van der Waals surface area contributed by atoms with Crippen LogP contribution in [0, 0.1) is 13.8 Å². The van der Waals surface area contributed by atoms with Gasteiger partial charge in [-0.2, -0.15) is 9.41 Å². The van der Waals surface area contributed by atoms with Crippen LogP contribution in [0.15, 0.2) is 34.3 Å². The van der Waals surface area contributed by atoms with Crippen LogP contribution in [0.3, 0.4) is 0 Å². The van der Waals surface area contributed by atoms with Gasteiger partial charge in [0.15, 0.2) is 0 Å². The SMILES string of the molecule is Cc1cc(/C=N\NC(C)(C)C)c(C)n1-c1cc(S(=O)(=O)N2CCOCC2)ccc1N1CCCC1. The molecule has 8 nitrogen and oxygen atoms in total. The van der Waals surface area contributed by atoms with Crippen molar-refractivity contribution in [3.63, 3.8) is 0 Å². The number of nitrogens with one attached hydrogen (secondary N) is 1. The Labute approximate surface area is 203 Å². The third kappa shape index (κ3) is 5.16. The highest BCUT2D eigenvalue weighted by molar-refractivity contribution is 7.89. The molecule has 186 valence electrons. The normalized spacial score (nSPS) is 18.2. The molecule has 0 saturated carbocycles. The lowest BCUT2D eigenvalue weighted by atomic mass is 10.1. The van der Waals surface area contributed by atoms with Crippen LogP contribution in [-0.4, -0.2) is 68.4 Å². The average Bonchev–Trinajstić information content (AvgIpc) is 3.41. The molecule has 4 rings (SSSR count). The van der Waals surface area contributed by atoms with Crippen molar-refractivity contribution in [3.05, 3.63) is 41.2 Å². The van der Waals surface area contributed by atoms with Crippen molar-refractivity contribution in [1.82, 2.24) is 14.3 Å². The molecule has 0 radical (unpaired) electrons. The maximum absolute atomic E-state index is 13.4. The summed E-state index contributed by atoms with van der Waals surface area (Å²) in [5, 5.41) is 4.43. The fraction of sp³-hybridized carbons (Fsp3) is 0.560. The van der Waals surface area contributed by atoms with E-state index in [0.29, 0.717) is 31.2 Å². The summed E-state index contributed by atoms with van der Waals surface area (Å²) in [4.78, 5) is 2.68. The fourth-order valence-electron chi connectivity index (χ4n) is 4.59. The number of anilines is 1. The first kappa shape index (κ1) is 24.8. The Morgan fingerprint density at radius 2 is 1.68 bits per heavy atom. The van der Waals surface area contributed by atoms with Gasteiger partial charge in [-0.1, -0.05) is 0 Å². The van der Waals surface area contributed by atoms with Crippen LogP contribution in [0.4, 0.5) is 5.69 Å². The van der Waals surface area contributed by atoms with Crippen molar-refractivity contribution in [1.29, 1.82) is 0 Å². The zero-order valence-electron chi connectivity index (χ0n) is 21.0. The Morgan fingerprint density at radius 3 is 2.32 bits per heavy atom. The number of hydrogen-bond donors (Lipinski definition) is 1. The van der Waals surface area contributed by atoms with Gasteiger partial charge in [0.05, 0.1) is 35.7 Å². The van der Waals surface area contributed by atoms with E-state index in [9.17, 15) is 8.42 Å². The molecule has 2 aliphatic heterocycles. The second kappa shape index (κ2) is 9.71. The van der Waals surface area contributed by atoms with Crippen LogP contribution in [0.25, 0.3) is 5.69 Å². The predicted octanol–water partition coefficient (Wildman–Crippen LogP) is 3.44. The molecule has 9 heteroatoms. The summed E-state index contributed by atoms with van der Waals surface area (Å²) in [6.45, 7) is 13.9. The molecular formula is C25H37N5O3S. The van der Waals surface area contributed by atoms with Crippen molar-refractivity contribution >= 4 is 21.9 Å². The summed E-state index contributed by atoms with van der Waals surface area (Å²) in [5.41, 5.74) is 8.06. The lowest BCUT2D eigenvalue weighted by molar-refractivity contribution is 0.0730. The lowest BCUT2D eigenvalue weighted by Crippen LogP contribution is -2.40. The van der Waals surface area contributed by atoms with Gasteiger partial charge in [-0.15, -0.1) is 0 Å². The van der Waals surface area contributed by atoms with Gasteiger partial charge in [-0.3, -0.25) is 0 Å². The highest BCUT2D eigenvalue weighted by atomic mass is 32.2. The van der Waals surface area contributed by atoms with Crippen molar-refractivity contribution in [2.45, 2.75) is 57.9 Å². The van der Waals surface area contributed by atoms with Crippen molar-refractivity contribution < 1.29 is 13.2 Å². The molecule has 0 aliphatic carbocycles. The quantitative estimate of drug-likeness (QED) is 0.499. The Hall–Kier alpha value is -2.36. The number of morpholine rings is 1. The minimum atomic E-state index is -3.60. The fourth-order valence-corrected chi connectivity index (χ4v) is 6.02. The number of benzene rings is 1. The van der Waals surface area contributed by atoms with E-state index in [1.165, 1.54) is 4.31 Å². The van der Waals surface area contributed by atoms with Crippen LogP contribution >= 0.6 is 0 Å². The van der Waals surface area contributed by atoms with Gasteiger partial charge in [0.2, 0.25) is 10.0 Å². The maximum Gasteiger partial charge on any atom is 0.243 e. The van der Waals surface area contributed by atoms with Crippen LogP contribution < -0.4 is 10.3 Å². The molecule has 2 fully saturated rings. The van der Waals surface area contributed by atoms with Gasteiger partial charge >= 0.3 is 0 Å². The second-order valence-electron chi connectivity index (χ2n) is 10.1. The Kier molecular flexibility index (Phi) is 7.07. The number of aryl methyl sites for hydroxylation is 1. The Balaban J connectivity index is 1.79. The van der Waals surface area contributed by atoms with Gasteiger partial charge < -0.3 is 19.6 Å². The number of aromatic nitrogens is 1. The summed E-state index contributed by atoms with van der Waals surface area (Å²) in [6.07, 6.45) is 4.13. The molecule has 0 spiro atoms. The smallest absolute Gasteiger partial charge is 0.243 e. The number of hydrogen-bond acceptors (Lipinski definition) is 6. The van der Waals surface area contributed by atoms with Gasteiger partial charge in [-0.05, 0) is 71.7 Å². The van der Waals surface area contributed by atoms with Crippen LogP contribution in [0.5, 0.6) is 0 Å². The molecule has 0 bridgehead atoms. The highest BCUT2D eigenvalue weighted by Crippen LogP contribution is 2.34. The molecule has 34 heavy (non-hydrogen) atoms. The third-order valence-corrected chi connectivity index (χ3v) is 8.21. The number of rotatable bonds is 6. The molecule has 1 aromatic heterocycles. The largest absolute Gasteiger partial charge is 0.379 e. The van der Waals surface area contributed by atoms with Crippen LogP contribution in [0.1, 0.15) is 50.6 Å². The molecule has 2 aliphatic rings. The predicted molar refractivity (Wildman–Crippen MR) is 137 cm³/mol. The molecule has 0 atom stereocenters. The van der Waals surface area contributed by atoms with E-state index in [4.69, 9.17) is 4.74 Å². The van der Waals surface area contributed by atoms with E-state index in [1.807, 2.05) is 18.3 Å². The number of hydrazone groups is 1. The van der Waals surface area contributed by atoms with E-state index < -0.39 is 10.0 Å². The van der Waals surface area contributed by atoms with E-state index in [0.717, 1.165) is 54.3 Å². The Morgan fingerprint density at radius 1 is 1.00 bits per heavy atom. The monoisotopic (exact) mass is 487 g/mol. The van der Waals surface area contributed by atoms with Crippen LogP contribution in [-0.2, 0) is 14.8 Å². The molecule has 1 aromatic carbocycles. The van der Waals surface area contributed by atoms with E-state index in [-0.39, 0.29) is 5.54 Å². The van der Waals surface area contributed by atoms with Crippen molar-refractivity contribution in [3.8, 4) is 5.69 Å². The second-order valence-corrected chi connectivity index (χ2v) is 12.1. The molecule has 2 aromatic rings. The van der Waals surface area contributed by atoms with Gasteiger partial charge in [0, 0.05) is 48.7 Å².